The van der Waals surface area contributed by atoms with Gasteiger partial charge in [-0.15, -0.1) is 0 Å². The zero-order valence-corrected chi connectivity index (χ0v) is 13.0. The lowest BCUT2D eigenvalue weighted by atomic mass is 10.1. The molecular formula is C18H23NO2. The summed E-state index contributed by atoms with van der Waals surface area (Å²) >= 11 is 0. The predicted molar refractivity (Wildman–Crippen MR) is 85.9 cm³/mol. The van der Waals surface area contributed by atoms with Gasteiger partial charge in [0.15, 0.2) is 0 Å². The summed E-state index contributed by atoms with van der Waals surface area (Å²) in [6.07, 6.45) is 1.06. The lowest BCUT2D eigenvalue weighted by Gasteiger charge is -2.12. The Morgan fingerprint density at radius 2 is 1.57 bits per heavy atom. The molecule has 0 spiro atoms. The minimum atomic E-state index is 0.748. The predicted octanol–water partition coefficient (Wildman–Crippen LogP) is 3.56. The van der Waals surface area contributed by atoms with Crippen LogP contribution in [0.4, 0.5) is 0 Å². The van der Waals surface area contributed by atoms with Gasteiger partial charge in [0.2, 0.25) is 0 Å². The molecule has 0 aliphatic rings. The summed E-state index contributed by atoms with van der Waals surface area (Å²) < 4.78 is 10.7. The number of hydrogen-bond donors (Lipinski definition) is 1. The molecular weight excluding hydrogens is 262 g/mol. The molecule has 0 heterocycles. The Labute approximate surface area is 126 Å². The molecule has 21 heavy (non-hydrogen) atoms. The molecule has 0 bridgehead atoms. The standard InChI is InChI=1S/C18H23NO2/c1-4-14-7-5-6-8-15(14)12-19-13-16-11-17(20-2)9-10-18(16)21-3/h5-11,19H,4,12-13H2,1-3H3. The zero-order chi connectivity index (χ0) is 15.1. The summed E-state index contributed by atoms with van der Waals surface area (Å²) in [6.45, 7) is 3.78. The van der Waals surface area contributed by atoms with Crippen LogP contribution < -0.4 is 14.8 Å². The van der Waals surface area contributed by atoms with Gasteiger partial charge in [0.25, 0.3) is 0 Å². The van der Waals surface area contributed by atoms with E-state index in [1.165, 1.54) is 11.1 Å². The highest BCUT2D eigenvalue weighted by molar-refractivity contribution is 5.40. The second-order valence-corrected chi connectivity index (χ2v) is 4.90. The van der Waals surface area contributed by atoms with Crippen LogP contribution in [-0.4, -0.2) is 14.2 Å². The second-order valence-electron chi connectivity index (χ2n) is 4.90. The molecule has 0 saturated carbocycles. The van der Waals surface area contributed by atoms with Crippen LogP contribution in [0, 0.1) is 0 Å². The third-order valence-corrected chi connectivity index (χ3v) is 3.62. The van der Waals surface area contributed by atoms with Crippen LogP contribution in [0.5, 0.6) is 11.5 Å². The van der Waals surface area contributed by atoms with E-state index in [-0.39, 0.29) is 0 Å². The van der Waals surface area contributed by atoms with Crippen LogP contribution in [0.2, 0.25) is 0 Å². The summed E-state index contributed by atoms with van der Waals surface area (Å²) in [5, 5.41) is 3.48. The maximum atomic E-state index is 5.40. The number of rotatable bonds is 7. The topological polar surface area (TPSA) is 30.5 Å². The van der Waals surface area contributed by atoms with Gasteiger partial charge in [-0.1, -0.05) is 31.2 Å². The Morgan fingerprint density at radius 3 is 2.24 bits per heavy atom. The molecule has 2 rings (SSSR count). The molecule has 0 unspecified atom stereocenters. The third-order valence-electron chi connectivity index (χ3n) is 3.62. The Bertz CT molecular complexity index is 581. The average molecular weight is 285 g/mol. The van der Waals surface area contributed by atoms with E-state index in [1.807, 2.05) is 18.2 Å². The van der Waals surface area contributed by atoms with Crippen molar-refractivity contribution < 1.29 is 9.47 Å². The molecule has 1 N–H and O–H groups in total. The van der Waals surface area contributed by atoms with Crippen molar-refractivity contribution in [3.8, 4) is 11.5 Å². The maximum absolute atomic E-state index is 5.40. The normalized spacial score (nSPS) is 10.4. The summed E-state index contributed by atoms with van der Waals surface area (Å²) in [4.78, 5) is 0. The van der Waals surface area contributed by atoms with Crippen molar-refractivity contribution in [2.24, 2.45) is 0 Å². The van der Waals surface area contributed by atoms with E-state index in [2.05, 4.69) is 36.5 Å². The van der Waals surface area contributed by atoms with Crippen LogP contribution in [0.15, 0.2) is 42.5 Å². The lowest BCUT2D eigenvalue weighted by molar-refractivity contribution is 0.397. The number of ether oxygens (including phenoxy) is 2. The number of methoxy groups -OCH3 is 2. The van der Waals surface area contributed by atoms with Gasteiger partial charge in [-0.25, -0.2) is 0 Å². The summed E-state index contributed by atoms with van der Waals surface area (Å²) in [5.41, 5.74) is 3.84. The fraction of sp³-hybridized carbons (Fsp3) is 0.333. The van der Waals surface area contributed by atoms with Crippen molar-refractivity contribution in [2.75, 3.05) is 14.2 Å². The largest absolute Gasteiger partial charge is 0.497 e. The number of aryl methyl sites for hydroxylation is 1. The van der Waals surface area contributed by atoms with E-state index in [1.54, 1.807) is 14.2 Å². The number of nitrogens with one attached hydrogen (secondary N) is 1. The van der Waals surface area contributed by atoms with Gasteiger partial charge in [-0.3, -0.25) is 0 Å². The molecule has 0 saturated heterocycles. The lowest BCUT2D eigenvalue weighted by Crippen LogP contribution is -2.14. The Morgan fingerprint density at radius 1 is 0.857 bits per heavy atom. The van der Waals surface area contributed by atoms with Crippen molar-refractivity contribution in [3.05, 3.63) is 59.2 Å². The monoisotopic (exact) mass is 285 g/mol. The van der Waals surface area contributed by atoms with E-state index >= 15 is 0 Å². The minimum absolute atomic E-state index is 0.748. The van der Waals surface area contributed by atoms with Crippen molar-refractivity contribution in [2.45, 2.75) is 26.4 Å². The van der Waals surface area contributed by atoms with Crippen LogP contribution in [-0.2, 0) is 19.5 Å². The molecule has 3 heteroatoms. The highest BCUT2D eigenvalue weighted by atomic mass is 16.5. The zero-order valence-electron chi connectivity index (χ0n) is 13.0. The fourth-order valence-corrected chi connectivity index (χ4v) is 2.43. The van der Waals surface area contributed by atoms with Gasteiger partial charge in [0.1, 0.15) is 11.5 Å². The van der Waals surface area contributed by atoms with Crippen molar-refractivity contribution in [3.63, 3.8) is 0 Å². The van der Waals surface area contributed by atoms with Gasteiger partial charge >= 0.3 is 0 Å². The number of hydrogen-bond acceptors (Lipinski definition) is 3. The van der Waals surface area contributed by atoms with Crippen LogP contribution in [0.25, 0.3) is 0 Å². The molecule has 0 aliphatic heterocycles. The molecule has 0 radical (unpaired) electrons. The molecule has 2 aromatic carbocycles. The van der Waals surface area contributed by atoms with Gasteiger partial charge in [0, 0.05) is 18.7 Å². The molecule has 0 fully saturated rings. The molecule has 112 valence electrons. The maximum Gasteiger partial charge on any atom is 0.123 e. The fourth-order valence-electron chi connectivity index (χ4n) is 2.43. The quantitative estimate of drug-likeness (QED) is 0.844. The van der Waals surface area contributed by atoms with Crippen LogP contribution in [0.1, 0.15) is 23.6 Å². The molecule has 0 amide bonds. The summed E-state index contributed by atoms with van der Waals surface area (Å²) in [5.74, 6) is 1.73. The van der Waals surface area contributed by atoms with E-state index < -0.39 is 0 Å². The first-order valence-corrected chi connectivity index (χ1v) is 7.27. The average Bonchev–Trinajstić information content (AvgIpc) is 2.55. The highest BCUT2D eigenvalue weighted by Crippen LogP contribution is 2.23. The Balaban J connectivity index is 2.03. The van der Waals surface area contributed by atoms with Crippen molar-refractivity contribution in [1.82, 2.24) is 5.32 Å². The first-order chi connectivity index (χ1) is 10.3. The van der Waals surface area contributed by atoms with Crippen LogP contribution >= 0.6 is 0 Å². The van der Waals surface area contributed by atoms with Crippen molar-refractivity contribution in [1.29, 1.82) is 0 Å². The Kier molecular flexibility index (Phi) is 5.64. The van der Waals surface area contributed by atoms with Gasteiger partial charge < -0.3 is 14.8 Å². The second kappa shape index (κ2) is 7.70. The smallest absolute Gasteiger partial charge is 0.123 e. The van der Waals surface area contributed by atoms with Gasteiger partial charge in [-0.05, 0) is 35.7 Å². The van der Waals surface area contributed by atoms with Crippen molar-refractivity contribution >= 4 is 0 Å². The number of benzene rings is 2. The molecule has 2 aromatic rings. The van der Waals surface area contributed by atoms with Gasteiger partial charge in [0.05, 0.1) is 14.2 Å². The SMILES string of the molecule is CCc1ccccc1CNCc1cc(OC)ccc1OC. The third kappa shape index (κ3) is 3.99. The Hall–Kier alpha value is -2.00. The first kappa shape index (κ1) is 15.4. The van der Waals surface area contributed by atoms with E-state index in [0.29, 0.717) is 0 Å². The van der Waals surface area contributed by atoms with E-state index in [0.717, 1.165) is 36.6 Å². The highest BCUT2D eigenvalue weighted by Gasteiger charge is 2.05. The van der Waals surface area contributed by atoms with E-state index in [9.17, 15) is 0 Å². The molecule has 0 aromatic heterocycles. The van der Waals surface area contributed by atoms with Gasteiger partial charge in [-0.2, -0.15) is 0 Å². The molecule has 0 aliphatic carbocycles. The molecule has 3 nitrogen and oxygen atoms in total. The first-order valence-electron chi connectivity index (χ1n) is 7.27. The summed E-state index contributed by atoms with van der Waals surface area (Å²) in [7, 11) is 3.37. The summed E-state index contributed by atoms with van der Waals surface area (Å²) in [6, 6.07) is 14.4. The van der Waals surface area contributed by atoms with Crippen LogP contribution in [0.3, 0.4) is 0 Å². The minimum Gasteiger partial charge on any atom is -0.497 e. The van der Waals surface area contributed by atoms with E-state index in [4.69, 9.17) is 9.47 Å². The molecule has 0 atom stereocenters.